The molecule has 1 amide bonds. The number of para-hydroxylation sites is 1. The van der Waals surface area contributed by atoms with Gasteiger partial charge in [0.1, 0.15) is 5.75 Å². The normalized spacial score (nSPS) is 14.0. The maximum Gasteiger partial charge on any atom is 0.261 e. The highest BCUT2D eigenvalue weighted by Crippen LogP contribution is 2.31. The number of sulfonamides is 1. The smallest absolute Gasteiger partial charge is 0.261 e. The first-order valence-electron chi connectivity index (χ1n) is 12.4. The van der Waals surface area contributed by atoms with Crippen LogP contribution in [0.5, 0.6) is 5.75 Å². The summed E-state index contributed by atoms with van der Waals surface area (Å²) < 4.78 is 34.5. The van der Waals surface area contributed by atoms with Crippen LogP contribution < -0.4 is 19.7 Å². The molecule has 1 aliphatic rings. The molecule has 0 aliphatic carbocycles. The van der Waals surface area contributed by atoms with Crippen LogP contribution in [0.25, 0.3) is 10.2 Å². The Hall–Kier alpha value is -3.09. The Kier molecular flexibility index (Phi) is 9.75. The van der Waals surface area contributed by atoms with Crippen molar-refractivity contribution < 1.29 is 17.9 Å². The van der Waals surface area contributed by atoms with Gasteiger partial charge in [-0.1, -0.05) is 35.1 Å². The predicted octanol–water partition coefficient (Wildman–Crippen LogP) is 4.73. The van der Waals surface area contributed by atoms with Gasteiger partial charge in [-0.3, -0.25) is 14.4 Å². The number of nitrogens with one attached hydrogen (secondary N) is 2. The van der Waals surface area contributed by atoms with Gasteiger partial charge in [-0.25, -0.2) is 13.4 Å². The van der Waals surface area contributed by atoms with E-state index in [-0.39, 0.29) is 34.5 Å². The van der Waals surface area contributed by atoms with Gasteiger partial charge in [0.15, 0.2) is 5.13 Å². The van der Waals surface area contributed by atoms with Gasteiger partial charge >= 0.3 is 0 Å². The number of anilines is 2. The number of halogens is 2. The molecule has 212 valence electrons. The molecule has 2 N–H and O–H groups in total. The van der Waals surface area contributed by atoms with E-state index in [0.29, 0.717) is 23.9 Å². The number of carbonyl (C=O) groups is 1. The minimum Gasteiger partial charge on any atom is -0.497 e. The van der Waals surface area contributed by atoms with Crippen molar-refractivity contribution in [2.45, 2.75) is 4.90 Å². The highest BCUT2D eigenvalue weighted by atomic mass is 35.5. The Morgan fingerprint density at radius 1 is 1.05 bits per heavy atom. The summed E-state index contributed by atoms with van der Waals surface area (Å²) in [7, 11) is -2.37. The molecule has 0 bridgehead atoms. The molecule has 4 aromatic rings. The lowest BCUT2D eigenvalue weighted by Gasteiger charge is -2.34. The summed E-state index contributed by atoms with van der Waals surface area (Å²) in [4.78, 5) is 22.3. The van der Waals surface area contributed by atoms with E-state index in [1.54, 1.807) is 47.7 Å². The lowest BCUT2D eigenvalue weighted by atomic mass is 10.1. The van der Waals surface area contributed by atoms with Crippen LogP contribution in [0, 0.1) is 0 Å². The van der Waals surface area contributed by atoms with Crippen LogP contribution in [-0.2, 0) is 10.0 Å². The molecule has 5 rings (SSSR count). The quantitative estimate of drug-likeness (QED) is 0.278. The third-order valence-corrected chi connectivity index (χ3v) is 9.18. The number of rotatable bonds is 9. The summed E-state index contributed by atoms with van der Waals surface area (Å²) in [6.45, 7) is 4.53. The monoisotopic (exact) mass is 621 g/mol. The van der Waals surface area contributed by atoms with Crippen molar-refractivity contribution in [2.75, 3.05) is 56.0 Å². The molecule has 1 aromatic heterocycles. The highest BCUT2D eigenvalue weighted by Gasteiger charge is 2.21. The predicted molar refractivity (Wildman–Crippen MR) is 163 cm³/mol. The number of nitrogens with zero attached hydrogens (tertiary/aromatic N) is 3. The average molecular weight is 623 g/mol. The minimum atomic E-state index is -3.88. The number of piperazine rings is 1. The topological polar surface area (TPSA) is 104 Å². The van der Waals surface area contributed by atoms with Crippen molar-refractivity contribution in [3.05, 3.63) is 77.3 Å². The SMILES string of the molecule is COc1ccc(S(=O)(=O)Nc2ccccc2C(=O)NCCN2CCN(c3nc4ccc(Cl)cc4s3)CC2)cc1.Cl. The summed E-state index contributed by atoms with van der Waals surface area (Å²) >= 11 is 7.75. The van der Waals surface area contributed by atoms with E-state index in [0.717, 1.165) is 41.5 Å². The van der Waals surface area contributed by atoms with Crippen LogP contribution in [0.2, 0.25) is 5.02 Å². The van der Waals surface area contributed by atoms with Crippen molar-refractivity contribution in [1.29, 1.82) is 0 Å². The van der Waals surface area contributed by atoms with Gasteiger partial charge in [-0.2, -0.15) is 0 Å². The Balaban J connectivity index is 0.00000370. The van der Waals surface area contributed by atoms with Gasteiger partial charge < -0.3 is 15.0 Å². The molecule has 2 heterocycles. The molecule has 0 saturated carbocycles. The lowest BCUT2D eigenvalue weighted by Crippen LogP contribution is -2.48. The van der Waals surface area contributed by atoms with Crippen LogP contribution in [0.3, 0.4) is 0 Å². The largest absolute Gasteiger partial charge is 0.497 e. The Morgan fingerprint density at radius 2 is 1.77 bits per heavy atom. The zero-order valence-electron chi connectivity index (χ0n) is 21.7. The number of carbonyl (C=O) groups excluding carboxylic acids is 1. The molecule has 9 nitrogen and oxygen atoms in total. The van der Waals surface area contributed by atoms with Crippen molar-refractivity contribution in [1.82, 2.24) is 15.2 Å². The fourth-order valence-electron chi connectivity index (χ4n) is 4.34. The molecule has 1 aliphatic heterocycles. The maximum absolute atomic E-state index is 13.0. The van der Waals surface area contributed by atoms with Crippen molar-refractivity contribution in [2.24, 2.45) is 0 Å². The number of methoxy groups -OCH3 is 1. The van der Waals surface area contributed by atoms with Crippen molar-refractivity contribution >= 4 is 72.3 Å². The molecule has 1 fully saturated rings. The van der Waals surface area contributed by atoms with Gasteiger partial charge in [0.25, 0.3) is 15.9 Å². The zero-order chi connectivity index (χ0) is 27.4. The fourth-order valence-corrected chi connectivity index (χ4v) is 6.71. The van der Waals surface area contributed by atoms with E-state index in [4.69, 9.17) is 21.3 Å². The first-order valence-corrected chi connectivity index (χ1v) is 15.1. The van der Waals surface area contributed by atoms with Crippen molar-refractivity contribution in [3.8, 4) is 5.75 Å². The van der Waals surface area contributed by atoms with E-state index < -0.39 is 10.0 Å². The van der Waals surface area contributed by atoms with Gasteiger partial charge in [-0.05, 0) is 54.6 Å². The molecular weight excluding hydrogens is 593 g/mol. The Bertz CT molecular complexity index is 1570. The summed E-state index contributed by atoms with van der Waals surface area (Å²) in [5.41, 5.74) is 1.43. The minimum absolute atomic E-state index is 0. The number of hydrogen-bond acceptors (Lipinski definition) is 8. The van der Waals surface area contributed by atoms with Crippen LogP contribution >= 0.6 is 35.3 Å². The molecule has 3 aromatic carbocycles. The molecule has 0 atom stereocenters. The number of benzene rings is 3. The average Bonchev–Trinajstić information content (AvgIpc) is 3.37. The molecule has 0 spiro atoms. The van der Waals surface area contributed by atoms with E-state index in [9.17, 15) is 13.2 Å². The zero-order valence-corrected chi connectivity index (χ0v) is 24.9. The number of aromatic nitrogens is 1. The molecule has 0 unspecified atom stereocenters. The molecule has 13 heteroatoms. The van der Waals surface area contributed by atoms with Gasteiger partial charge in [0.05, 0.1) is 33.5 Å². The van der Waals surface area contributed by atoms with Crippen LogP contribution in [0.4, 0.5) is 10.8 Å². The maximum atomic E-state index is 13.0. The second kappa shape index (κ2) is 13.0. The van der Waals surface area contributed by atoms with E-state index >= 15 is 0 Å². The molecule has 40 heavy (non-hydrogen) atoms. The molecular formula is C27H29Cl2N5O4S2. The standard InChI is InChI=1S/C27H28ClN5O4S2.ClH/c1-37-20-7-9-21(10-8-20)39(35,36)31-23-5-3-2-4-22(23)26(34)29-12-13-32-14-16-33(17-15-32)27-30-24-11-6-19(28)18-25(24)38-27;/h2-11,18,31H,12-17H2,1H3,(H,29,34);1H. The molecule has 0 radical (unpaired) electrons. The van der Waals surface area contributed by atoms with E-state index in [1.165, 1.54) is 19.2 Å². The second-order valence-electron chi connectivity index (χ2n) is 9.02. The lowest BCUT2D eigenvalue weighted by molar-refractivity contribution is 0.0948. The second-order valence-corrected chi connectivity index (χ2v) is 12.1. The highest BCUT2D eigenvalue weighted by molar-refractivity contribution is 7.92. The third-order valence-electron chi connectivity index (χ3n) is 6.48. The first kappa shape index (κ1) is 29.9. The summed E-state index contributed by atoms with van der Waals surface area (Å²) in [6, 6.07) is 18.4. The third kappa shape index (κ3) is 6.97. The van der Waals surface area contributed by atoms with Gasteiger partial charge in [0, 0.05) is 44.3 Å². The summed E-state index contributed by atoms with van der Waals surface area (Å²) in [6.07, 6.45) is 0. The summed E-state index contributed by atoms with van der Waals surface area (Å²) in [5, 5.41) is 4.63. The number of thiazole rings is 1. The van der Waals surface area contributed by atoms with Crippen LogP contribution in [0.15, 0.2) is 71.6 Å². The molecule has 1 saturated heterocycles. The van der Waals surface area contributed by atoms with Gasteiger partial charge in [0.2, 0.25) is 0 Å². The number of fused-ring (bicyclic) bond motifs is 1. The first-order chi connectivity index (χ1) is 18.8. The Morgan fingerprint density at radius 3 is 2.50 bits per heavy atom. The fraction of sp³-hybridized carbons (Fsp3) is 0.259. The number of hydrogen-bond donors (Lipinski definition) is 2. The van der Waals surface area contributed by atoms with Crippen LogP contribution in [-0.4, -0.2) is 70.6 Å². The van der Waals surface area contributed by atoms with Crippen LogP contribution in [0.1, 0.15) is 10.4 Å². The number of amides is 1. The van der Waals surface area contributed by atoms with E-state index in [1.807, 2.05) is 18.2 Å². The Labute approximate surface area is 248 Å². The summed E-state index contributed by atoms with van der Waals surface area (Å²) in [5.74, 6) is 0.215. The van der Waals surface area contributed by atoms with Gasteiger partial charge in [-0.15, -0.1) is 12.4 Å². The van der Waals surface area contributed by atoms with Crippen molar-refractivity contribution in [3.63, 3.8) is 0 Å². The number of ether oxygens (including phenoxy) is 1. The van der Waals surface area contributed by atoms with E-state index in [2.05, 4.69) is 19.8 Å².